The molecule has 2 atom stereocenters. The highest BCUT2D eigenvalue weighted by Gasteiger charge is 2.36. The molecule has 0 spiro atoms. The minimum atomic E-state index is -0.495. The number of hydrogen-bond donors (Lipinski definition) is 1. The molecule has 9 heteroatoms. The van der Waals surface area contributed by atoms with Gasteiger partial charge in [0, 0.05) is 35.8 Å². The zero-order chi connectivity index (χ0) is 26.9. The molecule has 0 aliphatic carbocycles. The smallest absolute Gasteiger partial charge is 0.253 e. The maximum atomic E-state index is 13.7. The van der Waals surface area contributed by atoms with Crippen molar-refractivity contribution in [3.05, 3.63) is 86.4 Å². The number of ether oxygens (including phenoxy) is 1. The molecule has 0 radical (unpaired) electrons. The second kappa shape index (κ2) is 11.0. The van der Waals surface area contributed by atoms with Crippen molar-refractivity contribution in [2.45, 2.75) is 71.2 Å². The summed E-state index contributed by atoms with van der Waals surface area (Å²) in [6, 6.07) is 15.4. The normalized spacial score (nSPS) is 16.9. The summed E-state index contributed by atoms with van der Waals surface area (Å²) in [7, 11) is 0. The van der Waals surface area contributed by atoms with E-state index in [9.17, 15) is 4.79 Å². The van der Waals surface area contributed by atoms with Crippen LogP contribution in [0.2, 0.25) is 5.02 Å². The van der Waals surface area contributed by atoms with Crippen LogP contribution in [0.5, 0.6) is 0 Å². The number of aromatic amines is 1. The molecule has 1 aliphatic rings. The molecule has 1 fully saturated rings. The van der Waals surface area contributed by atoms with Gasteiger partial charge in [-0.1, -0.05) is 42.8 Å². The number of nitrogens with zero attached hydrogens (tertiary/aromatic N) is 5. The molecule has 2 aromatic carbocycles. The van der Waals surface area contributed by atoms with Crippen molar-refractivity contribution in [3.8, 4) is 0 Å². The summed E-state index contributed by atoms with van der Waals surface area (Å²) < 4.78 is 7.94. The minimum absolute atomic E-state index is 0.0653. The predicted molar refractivity (Wildman–Crippen MR) is 149 cm³/mol. The van der Waals surface area contributed by atoms with Crippen molar-refractivity contribution in [1.29, 1.82) is 0 Å². The Kier molecular flexibility index (Phi) is 7.66. The molecule has 0 saturated carbocycles. The van der Waals surface area contributed by atoms with Gasteiger partial charge in [0.2, 0.25) is 0 Å². The van der Waals surface area contributed by atoms with Crippen molar-refractivity contribution in [1.82, 2.24) is 30.1 Å². The Hall–Kier alpha value is -3.07. The number of hydrogen-bond acceptors (Lipinski definition) is 6. The van der Waals surface area contributed by atoms with Crippen LogP contribution >= 0.6 is 11.6 Å². The van der Waals surface area contributed by atoms with Crippen LogP contribution in [-0.4, -0.2) is 49.3 Å². The van der Waals surface area contributed by atoms with E-state index in [-0.39, 0.29) is 17.2 Å². The van der Waals surface area contributed by atoms with Gasteiger partial charge in [0.05, 0.1) is 11.6 Å². The van der Waals surface area contributed by atoms with E-state index in [1.165, 1.54) is 0 Å². The van der Waals surface area contributed by atoms with Gasteiger partial charge in [-0.25, -0.2) is 4.68 Å². The van der Waals surface area contributed by atoms with Gasteiger partial charge in [0.1, 0.15) is 6.04 Å². The largest absolute Gasteiger partial charge is 0.377 e. The van der Waals surface area contributed by atoms with Gasteiger partial charge in [-0.05, 0) is 91.2 Å². The number of aryl methyl sites for hydroxylation is 1. The summed E-state index contributed by atoms with van der Waals surface area (Å²) in [5, 5.41) is 14.7. The fourth-order valence-corrected chi connectivity index (χ4v) is 5.24. The number of pyridine rings is 1. The summed E-state index contributed by atoms with van der Waals surface area (Å²) >= 11 is 6.19. The molecular weight excluding hydrogens is 500 g/mol. The highest BCUT2D eigenvalue weighted by atomic mass is 35.5. The Labute approximate surface area is 228 Å². The number of rotatable bonds is 9. The van der Waals surface area contributed by atoms with Crippen molar-refractivity contribution in [2.24, 2.45) is 0 Å². The summed E-state index contributed by atoms with van der Waals surface area (Å²) in [6.07, 6.45) is 2.90. The van der Waals surface area contributed by atoms with E-state index in [1.807, 2.05) is 54.1 Å². The lowest BCUT2D eigenvalue weighted by molar-refractivity contribution is 0.0562. The van der Waals surface area contributed by atoms with E-state index in [0.717, 1.165) is 47.9 Å². The second-order valence-corrected chi connectivity index (χ2v) is 11.3. The van der Waals surface area contributed by atoms with E-state index in [1.54, 1.807) is 0 Å². The van der Waals surface area contributed by atoms with E-state index in [2.05, 4.69) is 52.2 Å². The van der Waals surface area contributed by atoms with Gasteiger partial charge in [-0.15, -0.1) is 5.10 Å². The molecule has 5 rings (SSSR count). The van der Waals surface area contributed by atoms with Crippen LogP contribution in [0.3, 0.4) is 0 Å². The number of tetrazole rings is 1. The van der Waals surface area contributed by atoms with Crippen LogP contribution in [0, 0.1) is 6.92 Å². The van der Waals surface area contributed by atoms with Crippen molar-refractivity contribution in [3.63, 3.8) is 0 Å². The first-order valence-corrected chi connectivity index (χ1v) is 13.7. The minimum Gasteiger partial charge on any atom is -0.377 e. The third kappa shape index (κ3) is 5.53. The lowest BCUT2D eigenvalue weighted by Gasteiger charge is -2.34. The molecule has 200 valence electrons. The van der Waals surface area contributed by atoms with Crippen LogP contribution < -0.4 is 5.56 Å². The number of aromatic nitrogens is 5. The standard InChI is InChI=1S/C29H35ClN6O2/c1-5-29(3,4)36-27(32-33-34-36)26(24-16-21-11-8-19(2)15-25(21)31-28(24)37)35(18-23-7-6-14-38-23)17-20-9-12-22(30)13-10-20/h8-13,15-16,23,26H,5-7,14,17-18H2,1-4H3,(H,31,37)/t23-,26-/m0/s1. The lowest BCUT2D eigenvalue weighted by atomic mass is 9.98. The molecule has 1 aliphatic heterocycles. The van der Waals surface area contributed by atoms with Crippen LogP contribution in [0.15, 0.2) is 53.3 Å². The number of fused-ring (bicyclic) bond motifs is 1. The summed E-state index contributed by atoms with van der Waals surface area (Å²) in [5.41, 5.74) is 3.11. The van der Waals surface area contributed by atoms with E-state index >= 15 is 0 Å². The molecule has 4 aromatic rings. The van der Waals surface area contributed by atoms with Crippen molar-refractivity contribution < 1.29 is 4.74 Å². The van der Waals surface area contributed by atoms with Gasteiger partial charge in [0.25, 0.3) is 5.56 Å². The van der Waals surface area contributed by atoms with Crippen molar-refractivity contribution >= 4 is 22.5 Å². The molecule has 0 amide bonds. The molecule has 2 aromatic heterocycles. The van der Waals surface area contributed by atoms with Gasteiger partial charge < -0.3 is 9.72 Å². The molecule has 1 saturated heterocycles. The average molecular weight is 535 g/mol. The third-order valence-corrected chi connectivity index (χ3v) is 7.88. The first-order chi connectivity index (χ1) is 18.2. The van der Waals surface area contributed by atoms with Crippen LogP contribution in [-0.2, 0) is 16.8 Å². The first-order valence-electron chi connectivity index (χ1n) is 13.3. The molecule has 8 nitrogen and oxygen atoms in total. The fourth-order valence-electron chi connectivity index (χ4n) is 5.11. The summed E-state index contributed by atoms with van der Waals surface area (Å²) in [6.45, 7) is 10.3. The zero-order valence-electron chi connectivity index (χ0n) is 22.4. The topological polar surface area (TPSA) is 88.9 Å². The number of nitrogens with one attached hydrogen (secondary N) is 1. The van der Waals surface area contributed by atoms with Gasteiger partial charge in [0.15, 0.2) is 5.82 Å². The Morgan fingerprint density at radius 1 is 1.21 bits per heavy atom. The van der Waals surface area contributed by atoms with E-state index in [0.29, 0.717) is 29.5 Å². The fraction of sp³-hybridized carbons (Fsp3) is 0.448. The first kappa shape index (κ1) is 26.5. The lowest BCUT2D eigenvalue weighted by Crippen LogP contribution is -2.41. The van der Waals surface area contributed by atoms with E-state index < -0.39 is 6.04 Å². The number of benzene rings is 2. The van der Waals surface area contributed by atoms with Crippen LogP contribution in [0.4, 0.5) is 0 Å². The van der Waals surface area contributed by atoms with Gasteiger partial charge >= 0.3 is 0 Å². The summed E-state index contributed by atoms with van der Waals surface area (Å²) in [5.74, 6) is 0.640. The van der Waals surface area contributed by atoms with Crippen molar-refractivity contribution in [2.75, 3.05) is 13.2 Å². The summed E-state index contributed by atoms with van der Waals surface area (Å²) in [4.78, 5) is 19.1. The predicted octanol–water partition coefficient (Wildman–Crippen LogP) is 5.39. The molecule has 0 unspecified atom stereocenters. The molecular formula is C29H35ClN6O2. The maximum absolute atomic E-state index is 13.7. The zero-order valence-corrected chi connectivity index (χ0v) is 23.2. The number of H-pyrrole nitrogens is 1. The molecule has 3 heterocycles. The Bertz CT molecular complexity index is 1460. The Balaban J connectivity index is 1.69. The average Bonchev–Trinajstić information content (AvgIpc) is 3.59. The SMILES string of the molecule is CCC(C)(C)n1nnnc1[C@H](c1cc2ccc(C)cc2[nH]c1=O)N(Cc1ccc(Cl)cc1)C[C@@H]1CCCO1. The van der Waals surface area contributed by atoms with Crippen LogP contribution in [0.25, 0.3) is 10.9 Å². The van der Waals surface area contributed by atoms with Gasteiger partial charge in [-0.3, -0.25) is 9.69 Å². The Morgan fingerprint density at radius 3 is 2.71 bits per heavy atom. The Morgan fingerprint density at radius 2 is 2.00 bits per heavy atom. The second-order valence-electron chi connectivity index (χ2n) is 10.9. The highest BCUT2D eigenvalue weighted by molar-refractivity contribution is 6.30. The third-order valence-electron chi connectivity index (χ3n) is 7.63. The maximum Gasteiger partial charge on any atom is 0.253 e. The number of halogens is 1. The van der Waals surface area contributed by atoms with Crippen LogP contribution in [0.1, 0.15) is 68.6 Å². The quantitative estimate of drug-likeness (QED) is 0.309. The van der Waals surface area contributed by atoms with E-state index in [4.69, 9.17) is 16.3 Å². The highest BCUT2D eigenvalue weighted by Crippen LogP contribution is 2.33. The molecule has 38 heavy (non-hydrogen) atoms. The van der Waals surface area contributed by atoms with Gasteiger partial charge in [-0.2, -0.15) is 0 Å². The molecule has 0 bridgehead atoms. The monoisotopic (exact) mass is 534 g/mol. The molecule has 1 N–H and O–H groups in total.